The van der Waals surface area contributed by atoms with Crippen LogP contribution < -0.4 is 15.8 Å². The molecule has 1 aliphatic rings. The maximum atomic E-state index is 11.9. The molecule has 1 fully saturated rings. The third-order valence-corrected chi connectivity index (χ3v) is 4.17. The molecule has 2 amide bonds. The van der Waals surface area contributed by atoms with Gasteiger partial charge in [-0.05, 0) is 30.5 Å². The van der Waals surface area contributed by atoms with Gasteiger partial charge in [0.2, 0.25) is 5.91 Å². The van der Waals surface area contributed by atoms with Crippen LogP contribution in [0.15, 0.2) is 24.3 Å². The van der Waals surface area contributed by atoms with Gasteiger partial charge in [0.1, 0.15) is 5.75 Å². The normalized spacial score (nSPS) is 16.0. The number of benzene rings is 1. The fraction of sp³-hybridized carbons (Fsp3) is 0.471. The van der Waals surface area contributed by atoms with Crippen LogP contribution in [0.5, 0.6) is 5.75 Å². The predicted molar refractivity (Wildman–Crippen MR) is 85.9 cm³/mol. The maximum absolute atomic E-state index is 11.9. The summed E-state index contributed by atoms with van der Waals surface area (Å²) < 4.78 is 10.6. The summed E-state index contributed by atoms with van der Waals surface area (Å²) in [5, 5.41) is 11.3. The second kappa shape index (κ2) is 8.31. The SMILES string of the molecule is N#CCc1ccc(OCC(=O)NCC2(C(N)=O)CCOCC2)cc1. The lowest BCUT2D eigenvalue weighted by Crippen LogP contribution is -2.50. The van der Waals surface area contributed by atoms with Gasteiger partial charge in [-0.25, -0.2) is 0 Å². The van der Waals surface area contributed by atoms with Gasteiger partial charge in [-0.1, -0.05) is 12.1 Å². The average Bonchev–Trinajstić information content (AvgIpc) is 2.60. The first kappa shape index (κ1) is 17.8. The zero-order valence-electron chi connectivity index (χ0n) is 13.4. The van der Waals surface area contributed by atoms with Crippen molar-refractivity contribution in [2.45, 2.75) is 19.3 Å². The van der Waals surface area contributed by atoms with E-state index < -0.39 is 11.3 Å². The quantitative estimate of drug-likeness (QED) is 0.756. The number of hydrogen-bond acceptors (Lipinski definition) is 5. The summed E-state index contributed by atoms with van der Waals surface area (Å²) in [5.41, 5.74) is 5.64. The molecule has 128 valence electrons. The summed E-state index contributed by atoms with van der Waals surface area (Å²) in [7, 11) is 0. The Hall–Kier alpha value is -2.59. The van der Waals surface area contributed by atoms with E-state index in [2.05, 4.69) is 11.4 Å². The van der Waals surface area contributed by atoms with E-state index in [0.717, 1.165) is 5.56 Å². The standard InChI is InChI=1S/C17H21N3O4/c18-8-5-13-1-3-14(4-2-13)24-11-15(21)20-12-17(16(19)22)6-9-23-10-7-17/h1-4H,5-7,9-12H2,(H2,19,22)(H,20,21). The van der Waals surface area contributed by atoms with Crippen LogP contribution >= 0.6 is 0 Å². The fourth-order valence-corrected chi connectivity index (χ4v) is 2.53. The Balaban J connectivity index is 1.80. The van der Waals surface area contributed by atoms with Crippen molar-refractivity contribution in [3.63, 3.8) is 0 Å². The molecule has 1 aromatic rings. The fourth-order valence-electron chi connectivity index (χ4n) is 2.53. The number of ether oxygens (including phenoxy) is 2. The highest BCUT2D eigenvalue weighted by Gasteiger charge is 2.38. The number of primary amides is 1. The minimum Gasteiger partial charge on any atom is -0.484 e. The largest absolute Gasteiger partial charge is 0.484 e. The van der Waals surface area contributed by atoms with E-state index in [1.165, 1.54) is 0 Å². The van der Waals surface area contributed by atoms with Crippen LogP contribution in [0, 0.1) is 16.7 Å². The Morgan fingerprint density at radius 1 is 1.29 bits per heavy atom. The lowest BCUT2D eigenvalue weighted by Gasteiger charge is -2.34. The van der Waals surface area contributed by atoms with Gasteiger partial charge in [-0.15, -0.1) is 0 Å². The molecular weight excluding hydrogens is 310 g/mol. The van der Waals surface area contributed by atoms with Crippen LogP contribution in [0.1, 0.15) is 18.4 Å². The minimum absolute atomic E-state index is 0.150. The summed E-state index contributed by atoms with van der Waals surface area (Å²) in [6.45, 7) is 0.965. The third-order valence-electron chi connectivity index (χ3n) is 4.17. The smallest absolute Gasteiger partial charge is 0.257 e. The number of nitrogens with two attached hydrogens (primary N) is 1. The molecular formula is C17H21N3O4. The Bertz CT molecular complexity index is 616. The number of rotatable bonds is 7. The molecule has 2 rings (SSSR count). The monoisotopic (exact) mass is 331 g/mol. The molecule has 0 unspecified atom stereocenters. The minimum atomic E-state index is -0.743. The number of nitrogens with zero attached hydrogens (tertiary/aromatic N) is 1. The summed E-state index contributed by atoms with van der Waals surface area (Å²) in [4.78, 5) is 23.6. The molecule has 3 N–H and O–H groups in total. The third kappa shape index (κ3) is 4.70. The molecule has 1 aliphatic heterocycles. The van der Waals surface area contributed by atoms with Crippen LogP contribution in [0.2, 0.25) is 0 Å². The van der Waals surface area contributed by atoms with Crippen LogP contribution in [-0.4, -0.2) is 38.2 Å². The van der Waals surface area contributed by atoms with Gasteiger partial charge in [0.05, 0.1) is 17.9 Å². The van der Waals surface area contributed by atoms with Crippen LogP contribution in [0.4, 0.5) is 0 Å². The van der Waals surface area contributed by atoms with Gasteiger partial charge >= 0.3 is 0 Å². The van der Waals surface area contributed by atoms with E-state index in [4.69, 9.17) is 20.5 Å². The molecule has 0 aromatic heterocycles. The van der Waals surface area contributed by atoms with Gasteiger partial charge in [0.25, 0.3) is 5.91 Å². The summed E-state index contributed by atoms with van der Waals surface area (Å²) in [5.74, 6) is -0.189. The van der Waals surface area contributed by atoms with E-state index in [9.17, 15) is 9.59 Å². The molecule has 1 heterocycles. The van der Waals surface area contributed by atoms with Gasteiger partial charge in [-0.2, -0.15) is 5.26 Å². The number of nitrogens with one attached hydrogen (secondary N) is 1. The van der Waals surface area contributed by atoms with Crippen molar-refractivity contribution in [2.75, 3.05) is 26.4 Å². The first-order chi connectivity index (χ1) is 11.6. The molecule has 0 bridgehead atoms. The number of hydrogen-bond donors (Lipinski definition) is 2. The van der Waals surface area contributed by atoms with Gasteiger partial charge in [0.15, 0.2) is 6.61 Å². The molecule has 7 heteroatoms. The zero-order chi connectivity index (χ0) is 17.4. The van der Waals surface area contributed by atoms with Gasteiger partial charge in [0, 0.05) is 19.8 Å². The van der Waals surface area contributed by atoms with E-state index in [1.54, 1.807) is 24.3 Å². The Morgan fingerprint density at radius 3 is 2.54 bits per heavy atom. The average molecular weight is 331 g/mol. The summed E-state index contributed by atoms with van der Waals surface area (Å²) in [6.07, 6.45) is 1.34. The molecule has 1 saturated heterocycles. The molecule has 7 nitrogen and oxygen atoms in total. The summed E-state index contributed by atoms with van der Waals surface area (Å²) >= 11 is 0. The van der Waals surface area contributed by atoms with Gasteiger partial charge < -0.3 is 20.5 Å². The number of carbonyl (C=O) groups excluding carboxylic acids is 2. The van der Waals surface area contributed by atoms with Crippen molar-refractivity contribution in [3.8, 4) is 11.8 Å². The van der Waals surface area contributed by atoms with Crippen molar-refractivity contribution < 1.29 is 19.1 Å². The molecule has 0 spiro atoms. The highest BCUT2D eigenvalue weighted by Crippen LogP contribution is 2.29. The number of amides is 2. The number of nitriles is 1. The first-order valence-corrected chi connectivity index (χ1v) is 7.79. The Labute approximate surface area is 140 Å². The highest BCUT2D eigenvalue weighted by molar-refractivity contribution is 5.83. The van der Waals surface area contributed by atoms with Crippen LogP contribution in [0.3, 0.4) is 0 Å². The molecule has 0 atom stereocenters. The molecule has 24 heavy (non-hydrogen) atoms. The van der Waals surface area contributed by atoms with Crippen LogP contribution in [0.25, 0.3) is 0 Å². The highest BCUT2D eigenvalue weighted by atomic mass is 16.5. The Kier molecular flexibility index (Phi) is 6.15. The molecule has 1 aromatic carbocycles. The lowest BCUT2D eigenvalue weighted by atomic mass is 9.79. The van der Waals surface area contributed by atoms with E-state index in [-0.39, 0.29) is 19.1 Å². The second-order valence-electron chi connectivity index (χ2n) is 5.80. The topological polar surface area (TPSA) is 114 Å². The second-order valence-corrected chi connectivity index (χ2v) is 5.80. The van der Waals surface area contributed by atoms with Crippen molar-refractivity contribution in [2.24, 2.45) is 11.1 Å². The number of carbonyl (C=O) groups is 2. The van der Waals surface area contributed by atoms with E-state index in [1.807, 2.05) is 0 Å². The maximum Gasteiger partial charge on any atom is 0.257 e. The zero-order valence-corrected chi connectivity index (χ0v) is 13.4. The Morgan fingerprint density at radius 2 is 1.96 bits per heavy atom. The van der Waals surface area contributed by atoms with Crippen molar-refractivity contribution in [3.05, 3.63) is 29.8 Å². The van der Waals surface area contributed by atoms with Crippen molar-refractivity contribution in [1.29, 1.82) is 5.26 Å². The predicted octanol–water partition coefficient (Wildman–Crippen LogP) is 0.530. The molecule has 0 aliphatic carbocycles. The van der Waals surface area contributed by atoms with Crippen molar-refractivity contribution >= 4 is 11.8 Å². The lowest BCUT2D eigenvalue weighted by molar-refractivity contribution is -0.134. The first-order valence-electron chi connectivity index (χ1n) is 7.79. The van der Waals surface area contributed by atoms with Crippen molar-refractivity contribution in [1.82, 2.24) is 5.32 Å². The van der Waals surface area contributed by atoms with E-state index in [0.29, 0.717) is 38.2 Å². The summed E-state index contributed by atoms with van der Waals surface area (Å²) in [6, 6.07) is 9.04. The van der Waals surface area contributed by atoms with Crippen LogP contribution in [-0.2, 0) is 20.7 Å². The molecule has 0 radical (unpaired) electrons. The van der Waals surface area contributed by atoms with Gasteiger partial charge in [-0.3, -0.25) is 9.59 Å². The molecule has 0 saturated carbocycles. The van der Waals surface area contributed by atoms with E-state index >= 15 is 0 Å².